The summed E-state index contributed by atoms with van der Waals surface area (Å²) >= 11 is 5.98. The van der Waals surface area contributed by atoms with Gasteiger partial charge in [0.05, 0.1) is 5.69 Å². The SMILES string of the molecule is N#C/C(=C\c1cn(CCC(=O)[O-])nc1-c1cccc(Cl)c1)C(N)=O. The summed E-state index contributed by atoms with van der Waals surface area (Å²) in [5, 5.41) is 24.4. The summed E-state index contributed by atoms with van der Waals surface area (Å²) in [6, 6.07) is 8.56. The first-order chi connectivity index (χ1) is 11.4. The lowest BCUT2D eigenvalue weighted by Crippen LogP contribution is -2.23. The van der Waals surface area contributed by atoms with Gasteiger partial charge in [0.15, 0.2) is 0 Å². The Labute approximate surface area is 142 Å². The van der Waals surface area contributed by atoms with Crippen LogP contribution in [0.4, 0.5) is 0 Å². The quantitative estimate of drug-likeness (QED) is 0.611. The second kappa shape index (κ2) is 7.44. The number of carbonyl (C=O) groups excluding carboxylic acids is 2. The second-order valence-electron chi connectivity index (χ2n) is 4.86. The fourth-order valence-corrected chi connectivity index (χ4v) is 2.23. The zero-order valence-electron chi connectivity index (χ0n) is 12.4. The fourth-order valence-electron chi connectivity index (χ4n) is 2.04. The summed E-state index contributed by atoms with van der Waals surface area (Å²) in [6.45, 7) is 0.0855. The number of halogens is 1. The van der Waals surface area contributed by atoms with E-state index in [1.165, 1.54) is 17.0 Å². The summed E-state index contributed by atoms with van der Waals surface area (Å²) in [4.78, 5) is 21.9. The van der Waals surface area contributed by atoms with Gasteiger partial charge in [0.25, 0.3) is 5.91 Å². The van der Waals surface area contributed by atoms with Gasteiger partial charge in [-0.05, 0) is 18.2 Å². The molecule has 0 aliphatic carbocycles. The Balaban J connectivity index is 2.52. The van der Waals surface area contributed by atoms with Gasteiger partial charge < -0.3 is 15.6 Å². The third kappa shape index (κ3) is 4.21. The molecule has 24 heavy (non-hydrogen) atoms. The highest BCUT2D eigenvalue weighted by Crippen LogP contribution is 2.26. The number of aliphatic carboxylic acids is 1. The fraction of sp³-hybridized carbons (Fsp3) is 0.125. The van der Waals surface area contributed by atoms with E-state index in [0.717, 1.165) is 0 Å². The third-order valence-corrected chi connectivity index (χ3v) is 3.35. The third-order valence-electron chi connectivity index (χ3n) is 3.12. The molecule has 1 heterocycles. The van der Waals surface area contributed by atoms with Gasteiger partial charge in [-0.15, -0.1) is 0 Å². The van der Waals surface area contributed by atoms with Crippen LogP contribution in [0.25, 0.3) is 17.3 Å². The normalized spacial score (nSPS) is 11.1. The summed E-state index contributed by atoms with van der Waals surface area (Å²) in [5.74, 6) is -2.07. The standard InChI is InChI=1S/C16H13ClN4O3/c17-13-3-1-2-10(7-13)15-12(6-11(8-18)16(19)24)9-21(20-15)5-4-14(22)23/h1-3,6-7,9H,4-5H2,(H2,19,24)(H,22,23)/p-1/b11-6+. The zero-order chi connectivity index (χ0) is 17.7. The van der Waals surface area contributed by atoms with Crippen molar-refractivity contribution in [2.24, 2.45) is 5.73 Å². The Kier molecular flexibility index (Phi) is 5.35. The average molecular weight is 344 g/mol. The number of aryl methyl sites for hydroxylation is 1. The van der Waals surface area contributed by atoms with Gasteiger partial charge in [0.2, 0.25) is 0 Å². The van der Waals surface area contributed by atoms with Crippen LogP contribution in [-0.4, -0.2) is 21.7 Å². The van der Waals surface area contributed by atoms with Crippen molar-refractivity contribution >= 4 is 29.6 Å². The van der Waals surface area contributed by atoms with Gasteiger partial charge in [-0.25, -0.2) is 0 Å². The Morgan fingerprint density at radius 3 is 2.79 bits per heavy atom. The molecule has 2 rings (SSSR count). The minimum Gasteiger partial charge on any atom is -0.550 e. The molecule has 0 atom stereocenters. The lowest BCUT2D eigenvalue weighted by molar-refractivity contribution is -0.306. The summed E-state index contributed by atoms with van der Waals surface area (Å²) in [6.07, 6.45) is 2.61. The van der Waals surface area contributed by atoms with Crippen LogP contribution in [0.5, 0.6) is 0 Å². The van der Waals surface area contributed by atoms with Crippen molar-refractivity contribution in [1.29, 1.82) is 5.26 Å². The first-order valence-corrected chi connectivity index (χ1v) is 7.23. The van der Waals surface area contributed by atoms with E-state index in [9.17, 15) is 14.7 Å². The molecule has 0 radical (unpaired) electrons. The van der Waals surface area contributed by atoms with Crippen molar-refractivity contribution in [3.8, 4) is 17.3 Å². The van der Waals surface area contributed by atoms with Crippen molar-refractivity contribution in [3.05, 3.63) is 46.6 Å². The maximum Gasteiger partial charge on any atom is 0.259 e. The van der Waals surface area contributed by atoms with Crippen molar-refractivity contribution in [2.75, 3.05) is 0 Å². The van der Waals surface area contributed by atoms with Crippen LogP contribution in [0.15, 0.2) is 36.0 Å². The number of rotatable bonds is 6. The Bertz CT molecular complexity index is 864. The van der Waals surface area contributed by atoms with Crippen LogP contribution < -0.4 is 10.8 Å². The molecule has 2 aromatic rings. The highest BCUT2D eigenvalue weighted by molar-refractivity contribution is 6.30. The number of amides is 1. The number of nitrogens with two attached hydrogens (primary N) is 1. The first kappa shape index (κ1) is 17.2. The minimum absolute atomic E-state index is 0.0855. The molecule has 1 aromatic carbocycles. The van der Waals surface area contributed by atoms with E-state index in [1.807, 2.05) is 0 Å². The molecule has 7 nitrogen and oxygen atoms in total. The van der Waals surface area contributed by atoms with E-state index in [1.54, 1.807) is 30.3 Å². The first-order valence-electron chi connectivity index (χ1n) is 6.85. The molecule has 1 aromatic heterocycles. The van der Waals surface area contributed by atoms with Crippen molar-refractivity contribution in [1.82, 2.24) is 9.78 Å². The van der Waals surface area contributed by atoms with E-state index in [4.69, 9.17) is 22.6 Å². The van der Waals surface area contributed by atoms with E-state index >= 15 is 0 Å². The molecule has 0 saturated heterocycles. The Morgan fingerprint density at radius 1 is 1.46 bits per heavy atom. The summed E-state index contributed by atoms with van der Waals surface area (Å²) in [5.41, 5.74) is 6.47. The van der Waals surface area contributed by atoms with Gasteiger partial charge in [0.1, 0.15) is 11.6 Å². The zero-order valence-corrected chi connectivity index (χ0v) is 13.2. The number of nitriles is 1. The summed E-state index contributed by atoms with van der Waals surface area (Å²) < 4.78 is 1.40. The number of carboxylic acids is 1. The molecule has 0 fully saturated rings. The van der Waals surface area contributed by atoms with Gasteiger partial charge >= 0.3 is 0 Å². The molecule has 0 unspecified atom stereocenters. The van der Waals surface area contributed by atoms with Gasteiger partial charge in [-0.3, -0.25) is 9.48 Å². The molecule has 0 saturated carbocycles. The van der Waals surface area contributed by atoms with Crippen LogP contribution >= 0.6 is 11.6 Å². The predicted octanol–water partition coefficient (Wildman–Crippen LogP) is 0.736. The highest BCUT2D eigenvalue weighted by atomic mass is 35.5. The molecular weight excluding hydrogens is 332 g/mol. The molecule has 1 amide bonds. The number of hydrogen-bond acceptors (Lipinski definition) is 5. The van der Waals surface area contributed by atoms with Crippen molar-refractivity contribution in [2.45, 2.75) is 13.0 Å². The summed E-state index contributed by atoms with van der Waals surface area (Å²) in [7, 11) is 0. The number of nitrogens with zero attached hydrogens (tertiary/aromatic N) is 3. The number of aromatic nitrogens is 2. The molecule has 2 N–H and O–H groups in total. The van der Waals surface area contributed by atoms with Crippen LogP contribution in [0.1, 0.15) is 12.0 Å². The van der Waals surface area contributed by atoms with Crippen LogP contribution in [0.2, 0.25) is 5.02 Å². The van der Waals surface area contributed by atoms with E-state index in [0.29, 0.717) is 21.8 Å². The van der Waals surface area contributed by atoms with Gasteiger partial charge in [-0.2, -0.15) is 10.4 Å². The molecule has 8 heteroatoms. The topological polar surface area (TPSA) is 125 Å². The number of primary amides is 1. The minimum atomic E-state index is -1.21. The van der Waals surface area contributed by atoms with E-state index in [2.05, 4.69) is 5.10 Å². The number of carboxylic acid groups (broad SMARTS) is 1. The predicted molar refractivity (Wildman–Crippen MR) is 85.1 cm³/mol. The number of carbonyl (C=O) groups is 2. The molecule has 0 bridgehead atoms. The molecule has 0 aliphatic rings. The van der Waals surface area contributed by atoms with Crippen molar-refractivity contribution < 1.29 is 14.7 Å². The van der Waals surface area contributed by atoms with Crippen molar-refractivity contribution in [3.63, 3.8) is 0 Å². The Morgan fingerprint density at radius 2 is 2.21 bits per heavy atom. The largest absolute Gasteiger partial charge is 0.550 e. The Hall–Kier alpha value is -3.11. The van der Waals surface area contributed by atoms with E-state index in [-0.39, 0.29) is 18.5 Å². The number of benzene rings is 1. The molecule has 0 spiro atoms. The molecule has 122 valence electrons. The van der Waals surface area contributed by atoms with E-state index < -0.39 is 11.9 Å². The highest BCUT2D eigenvalue weighted by Gasteiger charge is 2.13. The average Bonchev–Trinajstić information content (AvgIpc) is 2.93. The second-order valence-corrected chi connectivity index (χ2v) is 5.30. The maximum atomic E-state index is 11.3. The smallest absolute Gasteiger partial charge is 0.259 e. The van der Waals surface area contributed by atoms with Crippen LogP contribution in [-0.2, 0) is 16.1 Å². The molecular formula is C16H12ClN4O3-. The number of hydrogen-bond donors (Lipinski definition) is 1. The van der Waals surface area contributed by atoms with Gasteiger partial charge in [-0.1, -0.05) is 23.7 Å². The molecule has 0 aliphatic heterocycles. The van der Waals surface area contributed by atoms with Gasteiger partial charge in [0, 0.05) is 41.3 Å². The monoisotopic (exact) mass is 343 g/mol. The van der Waals surface area contributed by atoms with Crippen LogP contribution in [0.3, 0.4) is 0 Å². The lowest BCUT2D eigenvalue weighted by atomic mass is 10.1. The lowest BCUT2D eigenvalue weighted by Gasteiger charge is -2.02. The van der Waals surface area contributed by atoms with Crippen LogP contribution in [0, 0.1) is 11.3 Å². The maximum absolute atomic E-state index is 11.3.